The molecular formula is C22H23F2N3O3. The molecule has 0 aliphatic carbocycles. The van der Waals surface area contributed by atoms with E-state index >= 15 is 0 Å². The number of carbonyl (C=O) groups is 2. The van der Waals surface area contributed by atoms with Crippen LogP contribution in [0.2, 0.25) is 0 Å². The molecule has 0 radical (unpaired) electrons. The monoisotopic (exact) mass is 415 g/mol. The van der Waals surface area contributed by atoms with Gasteiger partial charge in [0.25, 0.3) is 5.91 Å². The average molecular weight is 415 g/mol. The zero-order chi connectivity index (χ0) is 21.8. The zero-order valence-electron chi connectivity index (χ0n) is 17.1. The van der Waals surface area contributed by atoms with E-state index in [2.05, 4.69) is 5.10 Å². The summed E-state index contributed by atoms with van der Waals surface area (Å²) in [7, 11) is 1.37. The Morgan fingerprint density at radius 2 is 1.87 bits per heavy atom. The first-order valence-electron chi connectivity index (χ1n) is 9.59. The number of anilines is 1. The van der Waals surface area contributed by atoms with Gasteiger partial charge in [-0.15, -0.1) is 0 Å². The number of carbonyl (C=O) groups excluding carboxylic acids is 2. The minimum absolute atomic E-state index is 0.0842. The van der Waals surface area contributed by atoms with Crippen molar-refractivity contribution in [2.75, 3.05) is 12.0 Å². The lowest BCUT2D eigenvalue weighted by atomic mass is 10.1. The highest BCUT2D eigenvalue weighted by Gasteiger charge is 2.30. The summed E-state index contributed by atoms with van der Waals surface area (Å²) < 4.78 is 32.2. The van der Waals surface area contributed by atoms with Crippen LogP contribution in [0.4, 0.5) is 14.5 Å². The van der Waals surface area contributed by atoms with Crippen LogP contribution in [0.25, 0.3) is 0 Å². The molecule has 0 atom stereocenters. The van der Waals surface area contributed by atoms with Gasteiger partial charge in [-0.1, -0.05) is 12.1 Å². The molecule has 1 aliphatic heterocycles. The lowest BCUT2D eigenvalue weighted by Gasteiger charge is -2.30. The van der Waals surface area contributed by atoms with Crippen LogP contribution in [0.1, 0.15) is 32.3 Å². The second kappa shape index (κ2) is 9.02. The third-order valence-corrected chi connectivity index (χ3v) is 4.75. The van der Waals surface area contributed by atoms with Gasteiger partial charge < -0.3 is 9.64 Å². The fraction of sp³-hybridized carbons (Fsp3) is 0.318. The van der Waals surface area contributed by atoms with Crippen molar-refractivity contribution in [1.82, 2.24) is 5.01 Å². The summed E-state index contributed by atoms with van der Waals surface area (Å²) in [6, 6.07) is 9.77. The molecule has 158 valence electrons. The van der Waals surface area contributed by atoms with Gasteiger partial charge in [0.2, 0.25) is 5.91 Å². The normalized spacial score (nSPS) is 14.0. The maximum absolute atomic E-state index is 14.2. The second-order valence-corrected chi connectivity index (χ2v) is 7.21. The summed E-state index contributed by atoms with van der Waals surface area (Å²) in [5.41, 5.74) is 1.28. The van der Waals surface area contributed by atoms with Crippen molar-refractivity contribution in [2.45, 2.75) is 39.3 Å². The average Bonchev–Trinajstić information content (AvgIpc) is 2.71. The van der Waals surface area contributed by atoms with Gasteiger partial charge in [-0.2, -0.15) is 5.10 Å². The first-order valence-corrected chi connectivity index (χ1v) is 9.59. The molecule has 1 aliphatic rings. The number of ether oxygens (including phenoxy) is 1. The summed E-state index contributed by atoms with van der Waals surface area (Å²) in [6.45, 7) is 3.75. The SMILES string of the molecule is COc1ccc(N(C(=O)C2=NN(Cc3ccc(F)cc3)C(=O)CC2)C(C)C)cc1F. The number of nitrogens with zero attached hydrogens (tertiary/aromatic N) is 3. The molecule has 2 aromatic carbocycles. The summed E-state index contributed by atoms with van der Waals surface area (Å²) in [5.74, 6) is -1.48. The Morgan fingerprint density at radius 1 is 1.17 bits per heavy atom. The quantitative estimate of drug-likeness (QED) is 0.719. The van der Waals surface area contributed by atoms with Crippen LogP contribution in [-0.4, -0.2) is 35.7 Å². The largest absolute Gasteiger partial charge is 0.494 e. The highest BCUT2D eigenvalue weighted by Crippen LogP contribution is 2.26. The van der Waals surface area contributed by atoms with Crippen LogP contribution in [0.15, 0.2) is 47.6 Å². The van der Waals surface area contributed by atoms with Crippen molar-refractivity contribution in [3.8, 4) is 5.75 Å². The molecule has 6 nitrogen and oxygen atoms in total. The van der Waals surface area contributed by atoms with E-state index in [1.165, 1.54) is 41.3 Å². The Kier molecular flexibility index (Phi) is 6.44. The molecule has 0 saturated carbocycles. The lowest BCUT2D eigenvalue weighted by Crippen LogP contribution is -2.44. The van der Waals surface area contributed by atoms with E-state index < -0.39 is 11.7 Å². The molecule has 2 aromatic rings. The molecular weight excluding hydrogens is 392 g/mol. The molecule has 2 amide bonds. The van der Waals surface area contributed by atoms with Crippen LogP contribution < -0.4 is 9.64 Å². The third-order valence-electron chi connectivity index (χ3n) is 4.75. The van der Waals surface area contributed by atoms with Gasteiger partial charge in [0.05, 0.1) is 13.7 Å². The molecule has 0 N–H and O–H groups in total. The van der Waals surface area contributed by atoms with Crippen LogP contribution in [-0.2, 0) is 16.1 Å². The summed E-state index contributed by atoms with van der Waals surface area (Å²) in [5, 5.41) is 5.48. The van der Waals surface area contributed by atoms with E-state index in [0.29, 0.717) is 11.3 Å². The predicted molar refractivity (Wildman–Crippen MR) is 109 cm³/mol. The molecule has 1 heterocycles. The maximum Gasteiger partial charge on any atom is 0.274 e. The molecule has 0 fully saturated rings. The number of hydrazone groups is 1. The van der Waals surface area contributed by atoms with E-state index in [4.69, 9.17) is 4.74 Å². The molecule has 0 spiro atoms. The Labute approximate surface area is 173 Å². The highest BCUT2D eigenvalue weighted by atomic mass is 19.1. The molecule has 0 unspecified atom stereocenters. The van der Waals surface area contributed by atoms with Crippen LogP contribution in [0.5, 0.6) is 5.75 Å². The van der Waals surface area contributed by atoms with Crippen molar-refractivity contribution in [3.05, 3.63) is 59.7 Å². The molecule has 3 rings (SSSR count). The Balaban J connectivity index is 1.87. The molecule has 30 heavy (non-hydrogen) atoms. The Bertz CT molecular complexity index is 974. The molecule has 8 heteroatoms. The minimum atomic E-state index is -0.577. The van der Waals surface area contributed by atoms with Gasteiger partial charge in [-0.25, -0.2) is 13.8 Å². The van der Waals surface area contributed by atoms with Crippen LogP contribution >= 0.6 is 0 Å². The Hall–Kier alpha value is -3.29. The van der Waals surface area contributed by atoms with Crippen molar-refractivity contribution in [1.29, 1.82) is 0 Å². The van der Waals surface area contributed by atoms with Gasteiger partial charge in [-0.05, 0) is 43.7 Å². The van der Waals surface area contributed by atoms with Crippen LogP contribution in [0, 0.1) is 11.6 Å². The van der Waals surface area contributed by atoms with Gasteiger partial charge in [0.1, 0.15) is 11.5 Å². The van der Waals surface area contributed by atoms with Crippen LogP contribution in [0.3, 0.4) is 0 Å². The number of rotatable bonds is 6. The van der Waals surface area contributed by atoms with E-state index in [1.807, 2.05) is 13.8 Å². The first kappa shape index (κ1) is 21.4. The number of methoxy groups -OCH3 is 1. The maximum atomic E-state index is 14.2. The number of hydrogen-bond acceptors (Lipinski definition) is 4. The standard InChI is InChI=1S/C22H23F2N3O3/c1-14(2)27(17-8-10-20(30-3)18(24)12-17)22(29)19-9-11-21(28)26(25-19)13-15-4-6-16(23)7-5-15/h4-8,10,12,14H,9,11,13H2,1-3H3. The van der Waals surface area contributed by atoms with Gasteiger partial charge in [0.15, 0.2) is 11.6 Å². The van der Waals surface area contributed by atoms with E-state index in [1.54, 1.807) is 18.2 Å². The van der Waals surface area contributed by atoms with Crippen molar-refractivity contribution < 1.29 is 23.1 Å². The zero-order valence-corrected chi connectivity index (χ0v) is 17.1. The fourth-order valence-electron chi connectivity index (χ4n) is 3.24. The van der Waals surface area contributed by atoms with E-state index in [0.717, 1.165) is 0 Å². The summed E-state index contributed by atoms with van der Waals surface area (Å²) >= 11 is 0. The molecule has 0 aromatic heterocycles. The highest BCUT2D eigenvalue weighted by molar-refractivity contribution is 6.44. The number of halogens is 2. The Morgan fingerprint density at radius 3 is 2.47 bits per heavy atom. The second-order valence-electron chi connectivity index (χ2n) is 7.21. The number of amides is 2. The molecule has 0 bridgehead atoms. The summed E-state index contributed by atoms with van der Waals surface area (Å²) in [4.78, 5) is 26.9. The third kappa shape index (κ3) is 4.64. The number of hydrogen-bond donors (Lipinski definition) is 0. The van der Waals surface area contributed by atoms with Crippen molar-refractivity contribution >= 4 is 23.2 Å². The van der Waals surface area contributed by atoms with Gasteiger partial charge in [-0.3, -0.25) is 9.59 Å². The topological polar surface area (TPSA) is 62.2 Å². The fourth-order valence-corrected chi connectivity index (χ4v) is 3.24. The van der Waals surface area contributed by atoms with Gasteiger partial charge in [0, 0.05) is 30.6 Å². The van der Waals surface area contributed by atoms with E-state index in [-0.39, 0.29) is 48.6 Å². The summed E-state index contributed by atoms with van der Waals surface area (Å²) in [6.07, 6.45) is 0.327. The predicted octanol–water partition coefficient (Wildman–Crippen LogP) is 3.89. The van der Waals surface area contributed by atoms with E-state index in [9.17, 15) is 18.4 Å². The van der Waals surface area contributed by atoms with Gasteiger partial charge >= 0.3 is 0 Å². The lowest BCUT2D eigenvalue weighted by molar-refractivity contribution is -0.132. The van der Waals surface area contributed by atoms with Crippen molar-refractivity contribution in [3.63, 3.8) is 0 Å². The smallest absolute Gasteiger partial charge is 0.274 e. The minimum Gasteiger partial charge on any atom is -0.494 e. The van der Waals surface area contributed by atoms with Crippen molar-refractivity contribution in [2.24, 2.45) is 5.10 Å². The molecule has 0 saturated heterocycles. The number of benzene rings is 2. The first-order chi connectivity index (χ1) is 14.3.